The smallest absolute Gasteiger partial charge is 0.338 e. The molecule has 0 saturated carbocycles. The van der Waals surface area contributed by atoms with Crippen LogP contribution in [0.3, 0.4) is 0 Å². The van der Waals surface area contributed by atoms with Crippen molar-refractivity contribution in [2.24, 2.45) is 11.8 Å². The summed E-state index contributed by atoms with van der Waals surface area (Å²) in [6, 6.07) is 22.7. The molecule has 164 valence electrons. The number of carbonyl (C=O) groups is 3. The Bertz CT molecular complexity index is 1200. The Kier molecular flexibility index (Phi) is 4.63. The van der Waals surface area contributed by atoms with Crippen LogP contribution in [0.5, 0.6) is 0 Å². The van der Waals surface area contributed by atoms with Crippen LogP contribution in [0.25, 0.3) is 0 Å². The molecule has 0 radical (unpaired) electrons. The van der Waals surface area contributed by atoms with Crippen molar-refractivity contribution >= 4 is 29.4 Å². The second kappa shape index (κ2) is 7.56. The second-order valence-corrected chi connectivity index (χ2v) is 9.18. The molecule has 2 amide bonds. The molecular formula is C27H20ClNO4. The Morgan fingerprint density at radius 1 is 0.788 bits per heavy atom. The number of imide groups is 1. The number of ether oxygens (including phenoxy) is 1. The summed E-state index contributed by atoms with van der Waals surface area (Å²) in [7, 11) is 0. The van der Waals surface area contributed by atoms with Gasteiger partial charge in [0, 0.05) is 16.9 Å². The topological polar surface area (TPSA) is 63.7 Å². The lowest BCUT2D eigenvalue weighted by atomic mass is 9.55. The van der Waals surface area contributed by atoms with Gasteiger partial charge in [-0.25, -0.2) is 4.79 Å². The summed E-state index contributed by atoms with van der Waals surface area (Å²) in [4.78, 5) is 40.6. The summed E-state index contributed by atoms with van der Waals surface area (Å²) in [6.07, 6.45) is 0. The highest BCUT2D eigenvalue weighted by atomic mass is 35.5. The van der Waals surface area contributed by atoms with Gasteiger partial charge >= 0.3 is 5.97 Å². The van der Waals surface area contributed by atoms with E-state index in [2.05, 4.69) is 24.3 Å². The van der Waals surface area contributed by atoms with Crippen LogP contribution in [0.15, 0.2) is 72.8 Å². The van der Waals surface area contributed by atoms with E-state index in [1.54, 1.807) is 18.2 Å². The van der Waals surface area contributed by atoms with E-state index in [0.717, 1.165) is 22.3 Å². The molecule has 3 aliphatic carbocycles. The van der Waals surface area contributed by atoms with E-state index in [1.165, 1.54) is 11.0 Å². The van der Waals surface area contributed by atoms with Gasteiger partial charge in [-0.2, -0.15) is 0 Å². The molecule has 7 rings (SSSR count). The first kappa shape index (κ1) is 20.2. The van der Waals surface area contributed by atoms with Gasteiger partial charge < -0.3 is 4.74 Å². The first-order valence-corrected chi connectivity index (χ1v) is 11.4. The van der Waals surface area contributed by atoms with Crippen molar-refractivity contribution in [1.29, 1.82) is 0 Å². The average Bonchev–Trinajstić information content (AvgIpc) is 3.09. The number of halogens is 1. The van der Waals surface area contributed by atoms with Crippen molar-refractivity contribution < 1.29 is 19.1 Å². The molecule has 33 heavy (non-hydrogen) atoms. The molecule has 1 fully saturated rings. The molecule has 3 aromatic rings. The molecule has 2 atom stereocenters. The van der Waals surface area contributed by atoms with Crippen LogP contribution in [0.2, 0.25) is 5.02 Å². The minimum absolute atomic E-state index is 0.0447. The highest BCUT2D eigenvalue weighted by molar-refractivity contribution is 6.30. The summed E-state index contributed by atoms with van der Waals surface area (Å²) in [5, 5.41) is 0.438. The van der Waals surface area contributed by atoms with E-state index in [0.29, 0.717) is 10.6 Å². The van der Waals surface area contributed by atoms with Gasteiger partial charge in [0.15, 0.2) is 0 Å². The lowest BCUT2D eigenvalue weighted by Gasteiger charge is -2.45. The number of carbonyl (C=O) groups excluding carboxylic acids is 3. The van der Waals surface area contributed by atoms with Crippen molar-refractivity contribution in [2.75, 3.05) is 13.2 Å². The third kappa shape index (κ3) is 2.96. The zero-order chi connectivity index (χ0) is 22.7. The van der Waals surface area contributed by atoms with Gasteiger partial charge in [0.2, 0.25) is 11.8 Å². The molecule has 0 aromatic heterocycles. The largest absolute Gasteiger partial charge is 0.460 e. The van der Waals surface area contributed by atoms with Gasteiger partial charge in [-0.1, -0.05) is 66.2 Å². The van der Waals surface area contributed by atoms with Gasteiger partial charge in [0.05, 0.1) is 23.9 Å². The molecule has 1 saturated heterocycles. The fraction of sp³-hybridized carbons (Fsp3) is 0.222. The summed E-state index contributed by atoms with van der Waals surface area (Å²) < 4.78 is 5.34. The monoisotopic (exact) mass is 457 g/mol. The van der Waals surface area contributed by atoms with Crippen molar-refractivity contribution in [3.63, 3.8) is 0 Å². The second-order valence-electron chi connectivity index (χ2n) is 8.74. The SMILES string of the molecule is O=C(OCCN1C(=O)C2C3c4ccccc4C(c4ccccc43)C2C1=O)c1cccc(Cl)c1. The molecule has 3 aromatic carbocycles. The fourth-order valence-electron chi connectivity index (χ4n) is 5.89. The lowest BCUT2D eigenvalue weighted by molar-refractivity contribution is -0.140. The summed E-state index contributed by atoms with van der Waals surface area (Å²) in [5.41, 5.74) is 4.88. The van der Waals surface area contributed by atoms with E-state index in [9.17, 15) is 14.4 Å². The lowest BCUT2D eigenvalue weighted by Crippen LogP contribution is -2.41. The maximum Gasteiger partial charge on any atom is 0.338 e. The maximum absolute atomic E-state index is 13.5. The zero-order valence-electron chi connectivity index (χ0n) is 17.6. The van der Waals surface area contributed by atoms with E-state index in [1.807, 2.05) is 24.3 Å². The van der Waals surface area contributed by atoms with Gasteiger partial charge in [-0.15, -0.1) is 0 Å². The normalized spacial score (nSPS) is 24.3. The van der Waals surface area contributed by atoms with Crippen molar-refractivity contribution in [3.05, 3.63) is 106 Å². The third-order valence-electron chi connectivity index (χ3n) is 7.15. The first-order valence-electron chi connectivity index (χ1n) is 11.0. The average molecular weight is 458 g/mol. The van der Waals surface area contributed by atoms with E-state index in [-0.39, 0.29) is 36.8 Å². The number of esters is 1. The Hall–Kier alpha value is -3.44. The number of nitrogens with zero attached hydrogens (tertiary/aromatic N) is 1. The molecule has 6 heteroatoms. The Balaban J connectivity index is 1.27. The molecule has 2 bridgehead atoms. The summed E-state index contributed by atoms with van der Waals surface area (Å²) in [6.45, 7) is -0.0133. The van der Waals surface area contributed by atoms with Gasteiger partial charge in [0.1, 0.15) is 6.61 Å². The van der Waals surface area contributed by atoms with E-state index in [4.69, 9.17) is 16.3 Å². The van der Waals surface area contributed by atoms with Crippen LogP contribution in [0, 0.1) is 11.8 Å². The predicted octanol–water partition coefficient (Wildman–Crippen LogP) is 4.39. The van der Waals surface area contributed by atoms with Crippen molar-refractivity contribution in [1.82, 2.24) is 4.90 Å². The molecule has 0 N–H and O–H groups in total. The van der Waals surface area contributed by atoms with E-state index >= 15 is 0 Å². The molecule has 4 aliphatic rings. The molecule has 2 unspecified atom stereocenters. The first-order chi connectivity index (χ1) is 16.1. The van der Waals surface area contributed by atoms with Crippen molar-refractivity contribution in [2.45, 2.75) is 11.8 Å². The number of hydrogen-bond acceptors (Lipinski definition) is 4. The van der Waals surface area contributed by atoms with Crippen LogP contribution in [-0.4, -0.2) is 35.8 Å². The molecule has 0 spiro atoms. The minimum atomic E-state index is -0.533. The third-order valence-corrected chi connectivity index (χ3v) is 7.38. The van der Waals surface area contributed by atoms with Gasteiger partial charge in [0.25, 0.3) is 0 Å². The summed E-state index contributed by atoms with van der Waals surface area (Å²) in [5.74, 6) is -2.00. The van der Waals surface area contributed by atoms with Gasteiger partial charge in [-0.05, 0) is 40.5 Å². The quantitative estimate of drug-likeness (QED) is 0.430. The Labute approximate surface area is 195 Å². The molecular weight excluding hydrogens is 438 g/mol. The van der Waals surface area contributed by atoms with Crippen LogP contribution >= 0.6 is 11.6 Å². The van der Waals surface area contributed by atoms with Gasteiger partial charge in [-0.3, -0.25) is 14.5 Å². The number of hydrogen-bond donors (Lipinski definition) is 0. The van der Waals surface area contributed by atoms with E-state index < -0.39 is 17.8 Å². The number of likely N-dealkylation sites (tertiary alicyclic amines) is 1. The maximum atomic E-state index is 13.5. The van der Waals surface area contributed by atoms with Crippen LogP contribution in [-0.2, 0) is 14.3 Å². The number of rotatable bonds is 4. The fourth-order valence-corrected chi connectivity index (χ4v) is 6.08. The highest BCUT2D eigenvalue weighted by Gasteiger charge is 2.61. The van der Waals surface area contributed by atoms with Crippen LogP contribution in [0.4, 0.5) is 0 Å². The van der Waals surface area contributed by atoms with Crippen LogP contribution in [0.1, 0.15) is 44.4 Å². The highest BCUT2D eigenvalue weighted by Crippen LogP contribution is 2.60. The molecule has 1 aliphatic heterocycles. The molecule has 1 heterocycles. The Morgan fingerprint density at radius 2 is 1.30 bits per heavy atom. The zero-order valence-corrected chi connectivity index (χ0v) is 18.4. The molecule has 5 nitrogen and oxygen atoms in total. The van der Waals surface area contributed by atoms with Crippen molar-refractivity contribution in [3.8, 4) is 0 Å². The predicted molar refractivity (Wildman–Crippen MR) is 122 cm³/mol. The number of benzene rings is 3. The minimum Gasteiger partial charge on any atom is -0.460 e. The Morgan fingerprint density at radius 3 is 1.79 bits per heavy atom. The number of amides is 2. The van der Waals surface area contributed by atoms with Crippen LogP contribution < -0.4 is 0 Å². The summed E-state index contributed by atoms with van der Waals surface area (Å²) >= 11 is 5.94. The standard InChI is InChI=1S/C27H20ClNO4/c28-16-7-5-6-15(14-16)27(32)33-13-12-29-25(30)23-21-17-8-1-2-9-18(17)22(24(23)26(29)31)20-11-4-3-10-19(20)21/h1-11,14,21-24H,12-13H2.